The predicted octanol–water partition coefficient (Wildman–Crippen LogP) is 7.69. The van der Waals surface area contributed by atoms with Crippen LogP contribution in [0.2, 0.25) is 0 Å². The van der Waals surface area contributed by atoms with Crippen LogP contribution in [0.4, 0.5) is 0 Å². The van der Waals surface area contributed by atoms with E-state index in [-0.39, 0.29) is 0 Å². The van der Waals surface area contributed by atoms with E-state index in [4.69, 9.17) is 14.4 Å². The van der Waals surface area contributed by atoms with Crippen LogP contribution in [0, 0.1) is 6.92 Å². The molecule has 0 atom stereocenters. The monoisotopic (exact) mass is 412 g/mol. The summed E-state index contributed by atoms with van der Waals surface area (Å²) < 4.78 is 6.08. The molecule has 2 aromatic heterocycles. The van der Waals surface area contributed by atoms with Crippen LogP contribution < -0.4 is 0 Å². The lowest BCUT2D eigenvalue weighted by Gasteiger charge is -2.11. The number of para-hydroxylation sites is 1. The number of hydrogen-bond acceptors (Lipinski definition) is 3. The fourth-order valence-electron chi connectivity index (χ4n) is 4.28. The van der Waals surface area contributed by atoms with Gasteiger partial charge in [0.25, 0.3) is 0 Å². The number of aryl methyl sites for hydroxylation is 1. The summed E-state index contributed by atoms with van der Waals surface area (Å²) in [4.78, 5) is 9.71. The van der Waals surface area contributed by atoms with Gasteiger partial charge in [0, 0.05) is 27.6 Å². The zero-order chi connectivity index (χ0) is 21.5. The largest absolute Gasteiger partial charge is 0.456 e. The third kappa shape index (κ3) is 3.15. The standard InChI is InChI=1S/C29H20N2O/c1-19-17-26(23-12-6-5-11-22(23)20-9-3-2-4-10-20)31-29(30-19)21-15-16-25-24-13-7-8-14-27(24)32-28(25)18-21/h2-18H,1H3. The van der Waals surface area contributed by atoms with Crippen molar-refractivity contribution in [2.75, 3.05) is 0 Å². The first-order valence-electron chi connectivity index (χ1n) is 10.7. The Kier molecular flexibility index (Phi) is 4.32. The summed E-state index contributed by atoms with van der Waals surface area (Å²) in [7, 11) is 0. The maximum absolute atomic E-state index is 6.08. The lowest BCUT2D eigenvalue weighted by molar-refractivity contribution is 0.669. The van der Waals surface area contributed by atoms with Gasteiger partial charge in [0.05, 0.1) is 5.69 Å². The lowest BCUT2D eigenvalue weighted by atomic mass is 9.97. The van der Waals surface area contributed by atoms with E-state index < -0.39 is 0 Å². The van der Waals surface area contributed by atoms with Crippen molar-refractivity contribution < 1.29 is 4.42 Å². The van der Waals surface area contributed by atoms with Crippen molar-refractivity contribution in [3.63, 3.8) is 0 Å². The molecule has 0 aliphatic rings. The van der Waals surface area contributed by atoms with Crippen molar-refractivity contribution in [1.82, 2.24) is 9.97 Å². The van der Waals surface area contributed by atoms with Gasteiger partial charge in [-0.05, 0) is 42.3 Å². The van der Waals surface area contributed by atoms with Crippen molar-refractivity contribution in [1.29, 1.82) is 0 Å². The van der Waals surface area contributed by atoms with E-state index in [9.17, 15) is 0 Å². The van der Waals surface area contributed by atoms with Gasteiger partial charge < -0.3 is 4.42 Å². The summed E-state index contributed by atoms with van der Waals surface area (Å²) in [6.07, 6.45) is 0. The SMILES string of the molecule is Cc1cc(-c2ccccc2-c2ccccc2)nc(-c2ccc3c(c2)oc2ccccc23)n1. The van der Waals surface area contributed by atoms with Crippen LogP contribution in [0.3, 0.4) is 0 Å². The fourth-order valence-corrected chi connectivity index (χ4v) is 4.28. The number of benzene rings is 4. The summed E-state index contributed by atoms with van der Waals surface area (Å²) in [5.41, 5.74) is 7.94. The summed E-state index contributed by atoms with van der Waals surface area (Å²) in [5.74, 6) is 0.699. The molecule has 2 heterocycles. The molecule has 0 aliphatic carbocycles. The molecule has 3 heteroatoms. The van der Waals surface area contributed by atoms with Gasteiger partial charge in [-0.25, -0.2) is 9.97 Å². The summed E-state index contributed by atoms with van der Waals surface area (Å²) in [6, 6.07) is 35.2. The van der Waals surface area contributed by atoms with Gasteiger partial charge >= 0.3 is 0 Å². The van der Waals surface area contributed by atoms with Gasteiger partial charge in [-0.15, -0.1) is 0 Å². The average Bonchev–Trinajstić information content (AvgIpc) is 3.22. The van der Waals surface area contributed by atoms with Gasteiger partial charge in [0.1, 0.15) is 11.2 Å². The van der Waals surface area contributed by atoms with Crippen molar-refractivity contribution in [3.8, 4) is 33.8 Å². The lowest BCUT2D eigenvalue weighted by Crippen LogP contribution is -1.96. The van der Waals surface area contributed by atoms with Crippen LogP contribution in [0.1, 0.15) is 5.69 Å². The Morgan fingerprint density at radius 1 is 0.562 bits per heavy atom. The topological polar surface area (TPSA) is 38.9 Å². The highest BCUT2D eigenvalue weighted by atomic mass is 16.3. The fraction of sp³-hybridized carbons (Fsp3) is 0.0345. The van der Waals surface area contributed by atoms with Crippen LogP contribution in [-0.4, -0.2) is 9.97 Å². The molecule has 0 saturated carbocycles. The van der Waals surface area contributed by atoms with Crippen LogP contribution in [0.25, 0.3) is 55.7 Å². The van der Waals surface area contributed by atoms with E-state index in [0.29, 0.717) is 5.82 Å². The van der Waals surface area contributed by atoms with Crippen molar-refractivity contribution in [2.24, 2.45) is 0 Å². The van der Waals surface area contributed by atoms with Crippen molar-refractivity contribution >= 4 is 21.9 Å². The molecule has 3 nitrogen and oxygen atoms in total. The van der Waals surface area contributed by atoms with E-state index in [1.165, 1.54) is 5.56 Å². The third-order valence-electron chi connectivity index (χ3n) is 5.78. The number of fused-ring (bicyclic) bond motifs is 3. The van der Waals surface area contributed by atoms with Gasteiger partial charge in [-0.2, -0.15) is 0 Å². The van der Waals surface area contributed by atoms with Gasteiger partial charge in [0.15, 0.2) is 5.82 Å². The summed E-state index contributed by atoms with van der Waals surface area (Å²) >= 11 is 0. The molecule has 0 spiro atoms. The highest BCUT2D eigenvalue weighted by Crippen LogP contribution is 2.34. The van der Waals surface area contributed by atoms with E-state index in [2.05, 4.69) is 66.7 Å². The summed E-state index contributed by atoms with van der Waals surface area (Å²) in [5, 5.41) is 2.23. The first kappa shape index (κ1) is 18.5. The Hall–Kier alpha value is -4.24. The van der Waals surface area contributed by atoms with Crippen molar-refractivity contribution in [2.45, 2.75) is 6.92 Å². The number of furan rings is 1. The smallest absolute Gasteiger partial charge is 0.160 e. The van der Waals surface area contributed by atoms with E-state index in [1.54, 1.807) is 0 Å². The number of aromatic nitrogens is 2. The minimum absolute atomic E-state index is 0.699. The highest BCUT2D eigenvalue weighted by molar-refractivity contribution is 6.05. The molecule has 0 amide bonds. The van der Waals surface area contributed by atoms with E-state index in [0.717, 1.165) is 50.0 Å². The molecular formula is C29H20N2O. The van der Waals surface area contributed by atoms with Gasteiger partial charge in [0.2, 0.25) is 0 Å². The Morgan fingerprint density at radius 2 is 1.28 bits per heavy atom. The Labute approximate surface area is 186 Å². The Balaban J connectivity index is 1.50. The van der Waals surface area contributed by atoms with Gasteiger partial charge in [-0.3, -0.25) is 0 Å². The first-order valence-corrected chi connectivity index (χ1v) is 10.7. The molecule has 6 aromatic rings. The first-order chi connectivity index (χ1) is 15.8. The van der Waals surface area contributed by atoms with Crippen LogP contribution in [0.5, 0.6) is 0 Å². The van der Waals surface area contributed by atoms with Gasteiger partial charge in [-0.1, -0.05) is 78.9 Å². The normalized spacial score (nSPS) is 11.3. The molecule has 4 aromatic carbocycles. The van der Waals surface area contributed by atoms with Crippen molar-refractivity contribution in [3.05, 3.63) is 109 Å². The minimum atomic E-state index is 0.699. The maximum atomic E-state index is 6.08. The number of nitrogens with zero attached hydrogens (tertiary/aromatic N) is 2. The number of hydrogen-bond donors (Lipinski definition) is 0. The highest BCUT2D eigenvalue weighted by Gasteiger charge is 2.13. The molecule has 32 heavy (non-hydrogen) atoms. The number of rotatable bonds is 3. The second-order valence-electron chi connectivity index (χ2n) is 7.94. The second kappa shape index (κ2) is 7.47. The maximum Gasteiger partial charge on any atom is 0.160 e. The van der Waals surface area contributed by atoms with Crippen LogP contribution in [-0.2, 0) is 0 Å². The Morgan fingerprint density at radius 3 is 2.16 bits per heavy atom. The Bertz CT molecular complexity index is 1580. The zero-order valence-electron chi connectivity index (χ0n) is 17.6. The molecule has 6 rings (SSSR count). The quantitative estimate of drug-likeness (QED) is 0.299. The zero-order valence-corrected chi connectivity index (χ0v) is 17.6. The van der Waals surface area contributed by atoms with Crippen LogP contribution >= 0.6 is 0 Å². The second-order valence-corrected chi connectivity index (χ2v) is 7.94. The summed E-state index contributed by atoms with van der Waals surface area (Å²) in [6.45, 7) is 2.01. The molecule has 0 bridgehead atoms. The molecular weight excluding hydrogens is 392 g/mol. The molecule has 0 unspecified atom stereocenters. The predicted molar refractivity (Wildman–Crippen MR) is 130 cm³/mol. The van der Waals surface area contributed by atoms with Crippen LogP contribution in [0.15, 0.2) is 108 Å². The third-order valence-corrected chi connectivity index (χ3v) is 5.78. The van der Waals surface area contributed by atoms with E-state index >= 15 is 0 Å². The molecule has 152 valence electrons. The average molecular weight is 412 g/mol. The minimum Gasteiger partial charge on any atom is -0.456 e. The molecule has 0 fully saturated rings. The molecule has 0 saturated heterocycles. The molecule has 0 radical (unpaired) electrons. The van der Waals surface area contributed by atoms with E-state index in [1.807, 2.05) is 43.3 Å². The molecule has 0 aliphatic heterocycles. The molecule has 0 N–H and O–H groups in total.